The van der Waals surface area contributed by atoms with Gasteiger partial charge in [-0.05, 0) is 50.1 Å². The van der Waals surface area contributed by atoms with Crippen LogP contribution in [0.25, 0.3) is 28.2 Å². The zero-order valence-corrected chi connectivity index (χ0v) is 20.5. The van der Waals surface area contributed by atoms with Gasteiger partial charge < -0.3 is 9.47 Å². The van der Waals surface area contributed by atoms with Crippen LogP contribution in [0.15, 0.2) is 48.7 Å². The molecule has 0 spiro atoms. The van der Waals surface area contributed by atoms with Crippen molar-refractivity contribution in [3.8, 4) is 28.7 Å². The Bertz CT molecular complexity index is 1620. The number of nitrogens with one attached hydrogen (secondary N) is 2. The molecular weight excluding hydrogens is 472 g/mol. The van der Waals surface area contributed by atoms with E-state index < -0.39 is 0 Å². The Labute approximate surface area is 211 Å². The van der Waals surface area contributed by atoms with Crippen molar-refractivity contribution in [3.05, 3.63) is 65.6 Å². The molecule has 0 saturated heterocycles. The molecular formula is C26H24N8O3. The average molecular weight is 497 g/mol. The number of anilines is 1. The zero-order valence-electron chi connectivity index (χ0n) is 20.5. The zero-order chi connectivity index (χ0) is 25.5. The van der Waals surface area contributed by atoms with Crippen LogP contribution in [0, 0.1) is 6.92 Å². The van der Waals surface area contributed by atoms with Gasteiger partial charge in [-0.15, -0.1) is 5.10 Å². The summed E-state index contributed by atoms with van der Waals surface area (Å²) in [6.45, 7) is 1.86. The van der Waals surface area contributed by atoms with Gasteiger partial charge in [0.1, 0.15) is 11.5 Å². The number of methoxy groups -OCH3 is 2. The highest BCUT2D eigenvalue weighted by Gasteiger charge is 2.29. The Kier molecular flexibility index (Phi) is 5.52. The third kappa shape index (κ3) is 4.14. The summed E-state index contributed by atoms with van der Waals surface area (Å²) in [7, 11) is 3.15. The molecule has 1 aromatic carbocycles. The van der Waals surface area contributed by atoms with Crippen molar-refractivity contribution in [3.63, 3.8) is 0 Å². The van der Waals surface area contributed by atoms with Crippen LogP contribution in [-0.2, 0) is 0 Å². The molecule has 0 radical (unpaired) electrons. The number of aromatic amines is 1. The molecule has 0 aliphatic heterocycles. The van der Waals surface area contributed by atoms with Crippen LogP contribution in [0.4, 0.5) is 5.95 Å². The molecule has 1 aliphatic carbocycles. The average Bonchev–Trinajstić information content (AvgIpc) is 3.60. The maximum absolute atomic E-state index is 13.5. The molecule has 6 rings (SSSR count). The second kappa shape index (κ2) is 9.01. The smallest absolute Gasteiger partial charge is 0.258 e. The number of rotatable bonds is 7. The molecule has 4 aromatic heterocycles. The number of carbonyl (C=O) groups is 1. The van der Waals surface area contributed by atoms with E-state index in [9.17, 15) is 4.79 Å². The van der Waals surface area contributed by atoms with E-state index in [2.05, 4.69) is 30.6 Å². The van der Waals surface area contributed by atoms with Crippen LogP contribution in [0.1, 0.15) is 40.5 Å². The van der Waals surface area contributed by atoms with E-state index >= 15 is 0 Å². The number of benzene rings is 1. The molecule has 1 fully saturated rings. The Morgan fingerprint density at radius 1 is 1.11 bits per heavy atom. The molecule has 186 valence electrons. The maximum Gasteiger partial charge on any atom is 0.258 e. The number of ether oxygens (including phenoxy) is 2. The van der Waals surface area contributed by atoms with Crippen molar-refractivity contribution in [1.29, 1.82) is 0 Å². The summed E-state index contributed by atoms with van der Waals surface area (Å²) in [5.41, 5.74) is 3.31. The quantitative estimate of drug-likeness (QED) is 0.345. The minimum atomic E-state index is -0.342. The van der Waals surface area contributed by atoms with Gasteiger partial charge in [0.05, 0.1) is 36.4 Å². The van der Waals surface area contributed by atoms with Gasteiger partial charge in [0.25, 0.3) is 5.91 Å². The van der Waals surface area contributed by atoms with Crippen LogP contribution in [0.2, 0.25) is 0 Å². The summed E-state index contributed by atoms with van der Waals surface area (Å²) in [6.07, 6.45) is 3.80. The topological polar surface area (TPSA) is 133 Å². The summed E-state index contributed by atoms with van der Waals surface area (Å²) >= 11 is 0. The highest BCUT2D eigenvalue weighted by Crippen LogP contribution is 2.41. The molecule has 0 bridgehead atoms. The van der Waals surface area contributed by atoms with Gasteiger partial charge in [-0.25, -0.2) is 9.97 Å². The molecule has 2 N–H and O–H groups in total. The van der Waals surface area contributed by atoms with Crippen LogP contribution >= 0.6 is 0 Å². The first-order valence-corrected chi connectivity index (χ1v) is 11.8. The number of hydrogen-bond donors (Lipinski definition) is 2. The third-order valence-electron chi connectivity index (χ3n) is 6.31. The monoisotopic (exact) mass is 496 g/mol. The van der Waals surface area contributed by atoms with Crippen molar-refractivity contribution < 1.29 is 14.3 Å². The molecule has 37 heavy (non-hydrogen) atoms. The van der Waals surface area contributed by atoms with E-state index in [0.717, 1.165) is 18.5 Å². The van der Waals surface area contributed by atoms with E-state index in [1.165, 1.54) is 0 Å². The third-order valence-corrected chi connectivity index (χ3v) is 6.31. The largest absolute Gasteiger partial charge is 0.497 e. The number of H-pyrrole nitrogens is 1. The number of fused-ring (bicyclic) bond motifs is 1. The molecule has 11 nitrogen and oxygen atoms in total. The second-order valence-electron chi connectivity index (χ2n) is 8.78. The van der Waals surface area contributed by atoms with Crippen molar-refractivity contribution in [1.82, 2.24) is 34.9 Å². The SMILES string of the molecule is COc1ccc(-c2nc(NC(=O)c3cc(C4CC4)nc4c3c(C)nn4-c3ccccn3)n[nH]2)c(OC)c1. The first kappa shape index (κ1) is 22.7. The summed E-state index contributed by atoms with van der Waals surface area (Å²) in [5.74, 6) is 2.45. The summed E-state index contributed by atoms with van der Waals surface area (Å²) in [5, 5.41) is 15.2. The van der Waals surface area contributed by atoms with Crippen molar-refractivity contribution in [2.24, 2.45) is 0 Å². The van der Waals surface area contributed by atoms with E-state index in [4.69, 9.17) is 14.5 Å². The van der Waals surface area contributed by atoms with Gasteiger partial charge in [0.2, 0.25) is 5.95 Å². The Hall–Kier alpha value is -4.80. The van der Waals surface area contributed by atoms with Crippen molar-refractivity contribution in [2.75, 3.05) is 19.5 Å². The van der Waals surface area contributed by atoms with E-state index in [1.807, 2.05) is 37.3 Å². The van der Waals surface area contributed by atoms with Gasteiger partial charge >= 0.3 is 0 Å². The predicted octanol–water partition coefficient (Wildman–Crippen LogP) is 4.06. The van der Waals surface area contributed by atoms with E-state index in [-0.39, 0.29) is 11.9 Å². The number of nitrogens with zero attached hydrogens (tertiary/aromatic N) is 6. The summed E-state index contributed by atoms with van der Waals surface area (Å²) in [6, 6.07) is 12.8. The lowest BCUT2D eigenvalue weighted by molar-refractivity contribution is 0.102. The lowest BCUT2D eigenvalue weighted by Gasteiger charge is -2.08. The van der Waals surface area contributed by atoms with Gasteiger partial charge in [-0.1, -0.05) is 6.07 Å². The molecule has 5 aromatic rings. The van der Waals surface area contributed by atoms with Gasteiger partial charge in [-0.2, -0.15) is 14.8 Å². The minimum Gasteiger partial charge on any atom is -0.497 e. The van der Waals surface area contributed by atoms with Gasteiger partial charge in [0, 0.05) is 23.9 Å². The first-order valence-electron chi connectivity index (χ1n) is 11.8. The molecule has 1 aliphatic rings. The standard InChI is InChI=1S/C26H24N8O3/c1-14-22-18(13-19(15-7-8-15)28-24(22)34(33-14)21-6-4-5-11-27-21)25(35)30-26-29-23(31-32-26)17-10-9-16(36-2)12-20(17)37-3/h4-6,9-13,15H,7-8H2,1-3H3,(H2,29,30,31,32,35). The molecule has 1 amide bonds. The second-order valence-corrected chi connectivity index (χ2v) is 8.78. The van der Waals surface area contributed by atoms with Gasteiger partial charge in [0.15, 0.2) is 17.3 Å². The normalized spacial score (nSPS) is 13.1. The summed E-state index contributed by atoms with van der Waals surface area (Å²) < 4.78 is 12.4. The lowest BCUT2D eigenvalue weighted by Crippen LogP contribution is -2.15. The fourth-order valence-electron chi connectivity index (χ4n) is 4.32. The van der Waals surface area contributed by atoms with Crippen LogP contribution in [-0.4, -0.2) is 55.1 Å². The number of carbonyl (C=O) groups excluding carboxylic acids is 1. The minimum absolute atomic E-state index is 0.144. The Balaban J connectivity index is 1.37. The molecule has 0 atom stereocenters. The van der Waals surface area contributed by atoms with Crippen molar-refractivity contribution in [2.45, 2.75) is 25.7 Å². The molecule has 0 unspecified atom stereocenters. The van der Waals surface area contributed by atoms with E-state index in [1.54, 1.807) is 37.2 Å². The number of amides is 1. The predicted molar refractivity (Wildman–Crippen MR) is 136 cm³/mol. The van der Waals surface area contributed by atoms with Crippen LogP contribution in [0.3, 0.4) is 0 Å². The Morgan fingerprint density at radius 2 is 1.97 bits per heavy atom. The fourth-order valence-corrected chi connectivity index (χ4v) is 4.32. The Morgan fingerprint density at radius 3 is 2.70 bits per heavy atom. The number of aromatic nitrogens is 7. The molecule has 4 heterocycles. The lowest BCUT2D eigenvalue weighted by atomic mass is 10.1. The van der Waals surface area contributed by atoms with Crippen LogP contribution < -0.4 is 14.8 Å². The highest BCUT2D eigenvalue weighted by atomic mass is 16.5. The molecule has 11 heteroatoms. The van der Waals surface area contributed by atoms with Crippen LogP contribution in [0.5, 0.6) is 11.5 Å². The molecule has 1 saturated carbocycles. The fraction of sp³-hybridized carbons (Fsp3) is 0.231. The van der Waals surface area contributed by atoms with E-state index in [0.29, 0.717) is 56.9 Å². The summed E-state index contributed by atoms with van der Waals surface area (Å²) in [4.78, 5) is 27.3. The highest BCUT2D eigenvalue weighted by molar-refractivity contribution is 6.12. The number of hydrogen-bond acceptors (Lipinski definition) is 8. The number of pyridine rings is 2. The number of aryl methyl sites for hydroxylation is 1. The van der Waals surface area contributed by atoms with Gasteiger partial charge in [-0.3, -0.25) is 15.2 Å². The maximum atomic E-state index is 13.5. The first-order chi connectivity index (χ1) is 18.1. The van der Waals surface area contributed by atoms with Crippen molar-refractivity contribution >= 4 is 22.9 Å².